The molecule has 0 saturated heterocycles. The normalized spacial score (nSPS) is 18.9. The molecule has 0 spiro atoms. The average Bonchev–Trinajstić information content (AvgIpc) is 3.33. The summed E-state index contributed by atoms with van der Waals surface area (Å²) in [6, 6.07) is 3.23. The molecule has 2 N–H and O–H groups in total. The van der Waals surface area contributed by atoms with Gasteiger partial charge in [-0.25, -0.2) is 13.2 Å². The van der Waals surface area contributed by atoms with Crippen molar-refractivity contribution in [2.75, 3.05) is 23.8 Å². The van der Waals surface area contributed by atoms with Crippen molar-refractivity contribution in [1.29, 1.82) is 0 Å². The van der Waals surface area contributed by atoms with E-state index in [0.29, 0.717) is 18.2 Å². The fourth-order valence-corrected chi connectivity index (χ4v) is 4.26. The molecule has 1 aliphatic carbocycles. The molecule has 0 unspecified atom stereocenters. The second kappa shape index (κ2) is 10.2. The fourth-order valence-electron chi connectivity index (χ4n) is 3.43. The van der Waals surface area contributed by atoms with E-state index >= 15 is 0 Å². The van der Waals surface area contributed by atoms with Crippen LogP contribution in [0.4, 0.5) is 50.9 Å². The smallest absolute Gasteiger partial charge is 0.362 e. The van der Waals surface area contributed by atoms with Gasteiger partial charge < -0.3 is 15.4 Å². The molecule has 0 aliphatic heterocycles. The molecule has 3 rings (SSSR count). The Bertz CT molecular complexity index is 1220. The number of nitrogens with one attached hydrogen (secondary N) is 2. The Kier molecular flexibility index (Phi) is 7.97. The first-order valence-corrected chi connectivity index (χ1v) is 10.7. The lowest BCUT2D eigenvalue weighted by Gasteiger charge is -2.13. The SMILES string of the molecule is O=C(COCC(F)(F)F)Nc1c(F)ccc(NC(=O)[C@H]2[C@H](c3ccc(F)c(C(F)(F)F)c3)C2(Cl)Cl)c1F. The molecule has 1 aliphatic rings. The maximum atomic E-state index is 14.8. The Morgan fingerprint density at radius 3 is 2.16 bits per heavy atom. The van der Waals surface area contributed by atoms with Crippen LogP contribution in [0.25, 0.3) is 0 Å². The third kappa shape index (κ3) is 6.60. The summed E-state index contributed by atoms with van der Waals surface area (Å²) in [5, 5.41) is 3.68. The van der Waals surface area contributed by atoms with E-state index in [2.05, 4.69) is 4.74 Å². The Morgan fingerprint density at radius 2 is 1.57 bits per heavy atom. The molecule has 16 heteroatoms. The Balaban J connectivity index is 1.75. The van der Waals surface area contributed by atoms with Crippen molar-refractivity contribution in [2.24, 2.45) is 5.92 Å². The number of rotatable bonds is 7. The molecule has 0 bridgehead atoms. The third-order valence-corrected chi connectivity index (χ3v) is 6.04. The molecule has 1 saturated carbocycles. The summed E-state index contributed by atoms with van der Waals surface area (Å²) in [5.41, 5.74) is -3.69. The van der Waals surface area contributed by atoms with Crippen LogP contribution in [-0.2, 0) is 20.5 Å². The molecule has 202 valence electrons. The van der Waals surface area contributed by atoms with Gasteiger partial charge in [0, 0.05) is 5.92 Å². The van der Waals surface area contributed by atoms with Crippen LogP contribution in [0, 0.1) is 23.4 Å². The molecule has 0 aromatic heterocycles. The summed E-state index contributed by atoms with van der Waals surface area (Å²) in [6.07, 6.45) is -9.80. The first-order valence-electron chi connectivity index (χ1n) is 9.91. The highest BCUT2D eigenvalue weighted by Crippen LogP contribution is 2.65. The van der Waals surface area contributed by atoms with Crippen molar-refractivity contribution in [2.45, 2.75) is 22.6 Å². The molecular formula is C21H13Cl2F9N2O3. The van der Waals surface area contributed by atoms with Crippen molar-refractivity contribution in [3.05, 3.63) is 58.9 Å². The van der Waals surface area contributed by atoms with Crippen molar-refractivity contribution in [3.63, 3.8) is 0 Å². The zero-order valence-electron chi connectivity index (χ0n) is 17.8. The monoisotopic (exact) mass is 582 g/mol. The number of ether oxygens (including phenoxy) is 1. The third-order valence-electron chi connectivity index (χ3n) is 5.10. The zero-order chi connectivity index (χ0) is 27.9. The molecule has 2 amide bonds. The number of hydrogen-bond donors (Lipinski definition) is 2. The van der Waals surface area contributed by atoms with Crippen LogP contribution in [0.3, 0.4) is 0 Å². The van der Waals surface area contributed by atoms with E-state index in [1.54, 1.807) is 5.32 Å². The van der Waals surface area contributed by atoms with E-state index in [1.807, 2.05) is 5.32 Å². The number of hydrogen-bond acceptors (Lipinski definition) is 3. The first kappa shape index (κ1) is 28.9. The van der Waals surface area contributed by atoms with Gasteiger partial charge in [0.25, 0.3) is 5.91 Å². The second-order valence-corrected chi connectivity index (χ2v) is 9.24. The number of benzene rings is 2. The standard InChI is InChI=1S/C21H13Cl2F9N2O3/c22-20(23)14(8-1-2-10(24)9(5-8)21(30,31)32)15(20)18(36)33-12-4-3-11(25)17(16(12)26)34-13(35)6-37-7-19(27,28)29/h1-5,14-15H,6-7H2,(H,33,36)(H,34,35)/t14-,15+/m0/s1. The summed E-state index contributed by atoms with van der Waals surface area (Å²) in [5.74, 6) is -9.61. The van der Waals surface area contributed by atoms with E-state index in [1.165, 1.54) is 0 Å². The molecule has 37 heavy (non-hydrogen) atoms. The van der Waals surface area contributed by atoms with Gasteiger partial charge in [-0.05, 0) is 29.8 Å². The maximum Gasteiger partial charge on any atom is 0.419 e. The highest BCUT2D eigenvalue weighted by atomic mass is 35.5. The Labute approximate surface area is 211 Å². The summed E-state index contributed by atoms with van der Waals surface area (Å²) < 4.78 is 120. The molecular weight excluding hydrogens is 570 g/mol. The van der Waals surface area contributed by atoms with E-state index < -0.39 is 87.9 Å². The number of alkyl halides is 8. The summed E-state index contributed by atoms with van der Waals surface area (Å²) in [7, 11) is 0. The van der Waals surface area contributed by atoms with Gasteiger partial charge in [-0.1, -0.05) is 6.07 Å². The highest BCUT2D eigenvalue weighted by Gasteiger charge is 2.67. The van der Waals surface area contributed by atoms with Gasteiger partial charge in [0.15, 0.2) is 5.82 Å². The lowest BCUT2D eigenvalue weighted by atomic mass is 10.0. The maximum absolute atomic E-state index is 14.8. The summed E-state index contributed by atoms with van der Waals surface area (Å²) in [4.78, 5) is 24.4. The second-order valence-electron chi connectivity index (χ2n) is 7.80. The number of halogens is 11. The number of carbonyl (C=O) groups excluding carboxylic acids is 2. The van der Waals surface area contributed by atoms with Crippen LogP contribution < -0.4 is 10.6 Å². The highest BCUT2D eigenvalue weighted by molar-refractivity contribution is 6.53. The summed E-state index contributed by atoms with van der Waals surface area (Å²) in [6.45, 7) is -2.99. The van der Waals surface area contributed by atoms with E-state index in [-0.39, 0.29) is 5.56 Å². The van der Waals surface area contributed by atoms with Crippen LogP contribution in [0.5, 0.6) is 0 Å². The van der Waals surface area contributed by atoms with Crippen molar-refractivity contribution in [3.8, 4) is 0 Å². The molecule has 2 aromatic carbocycles. The molecule has 0 radical (unpaired) electrons. The van der Waals surface area contributed by atoms with Crippen LogP contribution in [0.1, 0.15) is 17.0 Å². The van der Waals surface area contributed by atoms with Gasteiger partial charge in [0.1, 0.15) is 34.9 Å². The number of amides is 2. The Hall–Kier alpha value is -2.71. The average molecular weight is 583 g/mol. The van der Waals surface area contributed by atoms with Gasteiger partial charge in [-0.15, -0.1) is 23.2 Å². The predicted octanol–water partition coefficient (Wildman–Crippen LogP) is 6.17. The van der Waals surface area contributed by atoms with Gasteiger partial charge in [-0.2, -0.15) is 26.3 Å². The van der Waals surface area contributed by atoms with Gasteiger partial charge in [-0.3, -0.25) is 9.59 Å². The van der Waals surface area contributed by atoms with Crippen LogP contribution in [-0.4, -0.2) is 35.5 Å². The first-order chi connectivity index (χ1) is 16.9. The lowest BCUT2D eigenvalue weighted by molar-refractivity contribution is -0.174. The van der Waals surface area contributed by atoms with Crippen molar-refractivity contribution < 1.29 is 53.8 Å². The minimum absolute atomic E-state index is 0.231. The molecule has 5 nitrogen and oxygen atoms in total. The quantitative estimate of drug-likeness (QED) is 0.303. The van der Waals surface area contributed by atoms with Crippen molar-refractivity contribution in [1.82, 2.24) is 0 Å². The lowest BCUT2D eigenvalue weighted by Crippen LogP contribution is -2.25. The summed E-state index contributed by atoms with van der Waals surface area (Å²) >= 11 is 12.1. The minimum Gasteiger partial charge on any atom is -0.362 e. The van der Waals surface area contributed by atoms with Gasteiger partial charge in [0.05, 0.1) is 17.2 Å². The Morgan fingerprint density at radius 1 is 0.946 bits per heavy atom. The molecule has 0 heterocycles. The molecule has 2 aromatic rings. The van der Waals surface area contributed by atoms with Crippen LogP contribution >= 0.6 is 23.2 Å². The molecule has 1 fully saturated rings. The topological polar surface area (TPSA) is 67.4 Å². The van der Waals surface area contributed by atoms with Crippen molar-refractivity contribution >= 4 is 46.4 Å². The molecule has 2 atom stereocenters. The minimum atomic E-state index is -5.05. The van der Waals surface area contributed by atoms with E-state index in [0.717, 1.165) is 12.1 Å². The van der Waals surface area contributed by atoms with E-state index in [4.69, 9.17) is 23.2 Å². The van der Waals surface area contributed by atoms with Crippen LogP contribution in [0.15, 0.2) is 30.3 Å². The largest absolute Gasteiger partial charge is 0.419 e. The predicted molar refractivity (Wildman–Crippen MR) is 113 cm³/mol. The van der Waals surface area contributed by atoms with Crippen LogP contribution in [0.2, 0.25) is 0 Å². The zero-order valence-corrected chi connectivity index (χ0v) is 19.3. The van der Waals surface area contributed by atoms with Gasteiger partial charge >= 0.3 is 12.4 Å². The van der Waals surface area contributed by atoms with Gasteiger partial charge in [0.2, 0.25) is 5.91 Å². The number of carbonyl (C=O) groups is 2. The fraction of sp³-hybridized carbons (Fsp3) is 0.333. The number of anilines is 2. The van der Waals surface area contributed by atoms with E-state index in [9.17, 15) is 49.1 Å².